The number of piperidine rings is 2. The second-order valence-corrected chi connectivity index (χ2v) is 7.37. The van der Waals surface area contributed by atoms with Gasteiger partial charge in [-0.25, -0.2) is 0 Å². The highest BCUT2D eigenvalue weighted by molar-refractivity contribution is 5.92. The van der Waals surface area contributed by atoms with Crippen molar-refractivity contribution >= 4 is 17.5 Å². The Morgan fingerprint density at radius 1 is 1.04 bits per heavy atom. The van der Waals surface area contributed by atoms with Crippen LogP contribution in [-0.2, 0) is 9.59 Å². The number of aryl methyl sites for hydroxylation is 1. The standard InChI is InChI=1S/C20H29N3O2/c1-16-7-9-18(10-8-16)21-19(24)15-22-11-5-6-17(14-22)20(25)23-12-3-2-4-13-23/h7-10,17H,2-6,11-15H2,1H3,(H,21,24). The molecule has 2 saturated heterocycles. The smallest absolute Gasteiger partial charge is 0.238 e. The summed E-state index contributed by atoms with van der Waals surface area (Å²) in [5, 5.41) is 2.95. The van der Waals surface area contributed by atoms with Gasteiger partial charge in [-0.1, -0.05) is 17.7 Å². The topological polar surface area (TPSA) is 52.7 Å². The Kier molecular flexibility index (Phi) is 6.08. The number of rotatable bonds is 4. The van der Waals surface area contributed by atoms with Gasteiger partial charge >= 0.3 is 0 Å². The van der Waals surface area contributed by atoms with E-state index in [4.69, 9.17) is 0 Å². The summed E-state index contributed by atoms with van der Waals surface area (Å²) in [4.78, 5) is 29.2. The Hall–Kier alpha value is -1.88. The van der Waals surface area contributed by atoms with Gasteiger partial charge in [-0.15, -0.1) is 0 Å². The normalized spacial score (nSPS) is 21.8. The highest BCUT2D eigenvalue weighted by Crippen LogP contribution is 2.21. The molecule has 1 atom stereocenters. The van der Waals surface area contributed by atoms with E-state index in [9.17, 15) is 9.59 Å². The molecule has 2 aliphatic heterocycles. The summed E-state index contributed by atoms with van der Waals surface area (Å²) in [6, 6.07) is 7.83. The molecule has 25 heavy (non-hydrogen) atoms. The van der Waals surface area contributed by atoms with E-state index in [0.29, 0.717) is 19.0 Å². The van der Waals surface area contributed by atoms with Crippen LogP contribution in [0.2, 0.25) is 0 Å². The van der Waals surface area contributed by atoms with Crippen molar-refractivity contribution in [3.63, 3.8) is 0 Å². The molecule has 1 unspecified atom stereocenters. The van der Waals surface area contributed by atoms with Crippen LogP contribution in [0.4, 0.5) is 5.69 Å². The fraction of sp³-hybridized carbons (Fsp3) is 0.600. The molecule has 5 nitrogen and oxygen atoms in total. The molecule has 5 heteroatoms. The Balaban J connectivity index is 1.49. The highest BCUT2D eigenvalue weighted by atomic mass is 16.2. The van der Waals surface area contributed by atoms with Gasteiger partial charge in [0.15, 0.2) is 0 Å². The molecule has 2 heterocycles. The third-order valence-electron chi connectivity index (χ3n) is 5.23. The molecule has 1 aromatic carbocycles. The van der Waals surface area contributed by atoms with E-state index in [1.807, 2.05) is 36.1 Å². The Morgan fingerprint density at radius 3 is 2.48 bits per heavy atom. The predicted octanol–water partition coefficient (Wildman–Crippen LogP) is 2.66. The van der Waals surface area contributed by atoms with E-state index in [2.05, 4.69) is 10.2 Å². The Morgan fingerprint density at radius 2 is 1.76 bits per heavy atom. The Bertz CT molecular complexity index is 593. The van der Waals surface area contributed by atoms with Crippen molar-refractivity contribution in [3.8, 4) is 0 Å². The number of likely N-dealkylation sites (tertiary alicyclic amines) is 2. The van der Waals surface area contributed by atoms with Gasteiger partial charge in [0, 0.05) is 25.3 Å². The minimum Gasteiger partial charge on any atom is -0.342 e. The number of nitrogens with one attached hydrogen (secondary N) is 1. The number of carbonyl (C=O) groups excluding carboxylic acids is 2. The first-order valence-electron chi connectivity index (χ1n) is 9.49. The molecule has 2 fully saturated rings. The summed E-state index contributed by atoms with van der Waals surface area (Å²) in [5.74, 6) is 0.345. The monoisotopic (exact) mass is 343 g/mol. The van der Waals surface area contributed by atoms with Crippen molar-refractivity contribution in [2.45, 2.75) is 39.0 Å². The number of anilines is 1. The van der Waals surface area contributed by atoms with Crippen LogP contribution >= 0.6 is 0 Å². The van der Waals surface area contributed by atoms with Gasteiger partial charge in [0.2, 0.25) is 11.8 Å². The zero-order chi connectivity index (χ0) is 17.6. The van der Waals surface area contributed by atoms with Crippen LogP contribution in [0.1, 0.15) is 37.7 Å². The highest BCUT2D eigenvalue weighted by Gasteiger charge is 2.30. The fourth-order valence-electron chi connectivity index (χ4n) is 3.81. The summed E-state index contributed by atoms with van der Waals surface area (Å²) < 4.78 is 0. The van der Waals surface area contributed by atoms with E-state index < -0.39 is 0 Å². The van der Waals surface area contributed by atoms with E-state index in [-0.39, 0.29) is 11.8 Å². The molecule has 3 rings (SSSR count). The van der Waals surface area contributed by atoms with Crippen molar-refractivity contribution in [1.82, 2.24) is 9.80 Å². The van der Waals surface area contributed by atoms with Gasteiger partial charge in [-0.2, -0.15) is 0 Å². The third-order valence-corrected chi connectivity index (χ3v) is 5.23. The minimum atomic E-state index is -0.00470. The van der Waals surface area contributed by atoms with Gasteiger partial charge in [0.1, 0.15) is 0 Å². The molecule has 1 N–H and O–H groups in total. The first-order chi connectivity index (χ1) is 12.1. The minimum absolute atomic E-state index is 0.00470. The first kappa shape index (κ1) is 17.9. The summed E-state index contributed by atoms with van der Waals surface area (Å²) in [7, 11) is 0. The summed E-state index contributed by atoms with van der Waals surface area (Å²) in [6.07, 6.45) is 5.43. The van der Waals surface area contributed by atoms with Gasteiger partial charge in [-0.05, 0) is 57.7 Å². The van der Waals surface area contributed by atoms with E-state index >= 15 is 0 Å². The van der Waals surface area contributed by atoms with Crippen LogP contribution in [0.5, 0.6) is 0 Å². The van der Waals surface area contributed by atoms with Crippen LogP contribution < -0.4 is 5.32 Å². The lowest BCUT2D eigenvalue weighted by molar-refractivity contribution is -0.138. The van der Waals surface area contributed by atoms with E-state index in [0.717, 1.165) is 51.0 Å². The maximum Gasteiger partial charge on any atom is 0.238 e. The van der Waals surface area contributed by atoms with Crippen LogP contribution in [0, 0.1) is 12.8 Å². The lowest BCUT2D eigenvalue weighted by Crippen LogP contribution is -2.47. The average molecular weight is 343 g/mol. The van der Waals surface area contributed by atoms with Crippen molar-refractivity contribution in [2.75, 3.05) is 38.0 Å². The second kappa shape index (κ2) is 8.48. The number of hydrogen-bond donors (Lipinski definition) is 1. The molecule has 0 aliphatic carbocycles. The molecule has 2 aliphatic rings. The number of carbonyl (C=O) groups is 2. The zero-order valence-electron chi connectivity index (χ0n) is 15.2. The van der Waals surface area contributed by atoms with Gasteiger partial charge in [0.25, 0.3) is 0 Å². The molecule has 0 radical (unpaired) electrons. The molecule has 2 amide bonds. The summed E-state index contributed by atoms with van der Waals surface area (Å²) in [5.41, 5.74) is 2.00. The quantitative estimate of drug-likeness (QED) is 0.914. The zero-order valence-corrected chi connectivity index (χ0v) is 15.2. The SMILES string of the molecule is Cc1ccc(NC(=O)CN2CCCC(C(=O)N3CCCCC3)C2)cc1. The van der Waals surface area contributed by atoms with Crippen LogP contribution in [0.25, 0.3) is 0 Å². The molecular formula is C20H29N3O2. The fourth-order valence-corrected chi connectivity index (χ4v) is 3.81. The number of nitrogens with zero attached hydrogens (tertiary/aromatic N) is 2. The molecular weight excluding hydrogens is 314 g/mol. The maximum absolute atomic E-state index is 12.7. The van der Waals surface area contributed by atoms with Gasteiger partial charge < -0.3 is 10.2 Å². The molecule has 0 spiro atoms. The third kappa shape index (κ3) is 5.05. The summed E-state index contributed by atoms with van der Waals surface area (Å²) in [6.45, 7) is 5.80. The van der Waals surface area contributed by atoms with Crippen LogP contribution in [0.15, 0.2) is 24.3 Å². The van der Waals surface area contributed by atoms with Gasteiger partial charge in [-0.3, -0.25) is 14.5 Å². The molecule has 0 bridgehead atoms. The molecule has 0 aromatic heterocycles. The second-order valence-electron chi connectivity index (χ2n) is 7.37. The maximum atomic E-state index is 12.7. The molecule has 1 aromatic rings. The van der Waals surface area contributed by atoms with Crippen LogP contribution in [0.3, 0.4) is 0 Å². The Labute approximate surface area is 150 Å². The molecule has 136 valence electrons. The van der Waals surface area contributed by atoms with Crippen molar-refractivity contribution in [3.05, 3.63) is 29.8 Å². The average Bonchev–Trinajstić information content (AvgIpc) is 2.64. The van der Waals surface area contributed by atoms with Crippen LogP contribution in [-0.4, -0.2) is 54.3 Å². The number of hydrogen-bond acceptors (Lipinski definition) is 3. The molecule has 0 saturated carbocycles. The number of benzene rings is 1. The van der Waals surface area contributed by atoms with Gasteiger partial charge in [0.05, 0.1) is 12.5 Å². The van der Waals surface area contributed by atoms with E-state index in [1.54, 1.807) is 0 Å². The largest absolute Gasteiger partial charge is 0.342 e. The lowest BCUT2D eigenvalue weighted by Gasteiger charge is -2.36. The van der Waals surface area contributed by atoms with Crippen molar-refractivity contribution in [2.24, 2.45) is 5.92 Å². The van der Waals surface area contributed by atoms with Crippen molar-refractivity contribution < 1.29 is 9.59 Å². The number of amides is 2. The van der Waals surface area contributed by atoms with Crippen molar-refractivity contribution in [1.29, 1.82) is 0 Å². The first-order valence-corrected chi connectivity index (χ1v) is 9.49. The summed E-state index contributed by atoms with van der Waals surface area (Å²) >= 11 is 0. The lowest BCUT2D eigenvalue weighted by atomic mass is 9.95. The van der Waals surface area contributed by atoms with E-state index in [1.165, 1.54) is 12.0 Å². The predicted molar refractivity (Wildman–Crippen MR) is 99.4 cm³/mol.